The van der Waals surface area contributed by atoms with E-state index in [0.717, 1.165) is 30.6 Å². The fraction of sp³-hybridized carbons (Fsp3) is 0.357. The van der Waals surface area contributed by atoms with Crippen molar-refractivity contribution >= 4 is 16.8 Å². The molecule has 4 heteroatoms. The van der Waals surface area contributed by atoms with E-state index >= 15 is 0 Å². The van der Waals surface area contributed by atoms with Crippen LogP contribution >= 0.6 is 0 Å². The van der Waals surface area contributed by atoms with E-state index in [1.54, 1.807) is 0 Å². The Balaban J connectivity index is 2.22. The number of rotatable bonds is 6. The molecule has 4 N–H and O–H groups in total. The Morgan fingerprint density at radius 3 is 3.00 bits per heavy atom. The van der Waals surface area contributed by atoms with E-state index in [2.05, 4.69) is 23.3 Å². The number of aromatic amines is 1. The Morgan fingerprint density at radius 1 is 1.44 bits per heavy atom. The van der Waals surface area contributed by atoms with Crippen molar-refractivity contribution < 1.29 is 4.79 Å². The van der Waals surface area contributed by atoms with Crippen LogP contribution in [0.5, 0.6) is 0 Å². The van der Waals surface area contributed by atoms with E-state index in [1.807, 2.05) is 18.3 Å². The zero-order valence-corrected chi connectivity index (χ0v) is 10.6. The number of primary amides is 1. The average molecular weight is 245 g/mol. The van der Waals surface area contributed by atoms with Gasteiger partial charge >= 0.3 is 0 Å². The molecule has 0 spiro atoms. The van der Waals surface area contributed by atoms with Gasteiger partial charge in [0.05, 0.1) is 6.42 Å². The highest BCUT2D eigenvalue weighted by Crippen LogP contribution is 2.20. The summed E-state index contributed by atoms with van der Waals surface area (Å²) < 4.78 is 0. The highest BCUT2D eigenvalue weighted by atomic mass is 16.1. The maximum Gasteiger partial charge on any atom is 0.221 e. The molecule has 0 aliphatic heterocycles. The van der Waals surface area contributed by atoms with Crippen LogP contribution in [0.25, 0.3) is 10.9 Å². The first-order valence-corrected chi connectivity index (χ1v) is 6.28. The highest BCUT2D eigenvalue weighted by molar-refractivity contribution is 5.85. The smallest absolute Gasteiger partial charge is 0.221 e. The van der Waals surface area contributed by atoms with Crippen LogP contribution in [-0.2, 0) is 17.6 Å². The molecule has 1 aromatic carbocycles. The summed E-state index contributed by atoms with van der Waals surface area (Å²) in [6, 6.07) is 6.00. The molecular weight excluding hydrogens is 226 g/mol. The van der Waals surface area contributed by atoms with Crippen LogP contribution in [0.4, 0.5) is 0 Å². The predicted molar refractivity (Wildman–Crippen MR) is 73.4 cm³/mol. The van der Waals surface area contributed by atoms with E-state index in [9.17, 15) is 4.79 Å². The molecule has 96 valence electrons. The van der Waals surface area contributed by atoms with Gasteiger partial charge in [-0.05, 0) is 42.8 Å². The van der Waals surface area contributed by atoms with Gasteiger partial charge in [-0.15, -0.1) is 0 Å². The topological polar surface area (TPSA) is 70.9 Å². The molecule has 0 unspecified atom stereocenters. The quantitative estimate of drug-likeness (QED) is 0.672. The zero-order chi connectivity index (χ0) is 13.0. The summed E-state index contributed by atoms with van der Waals surface area (Å²) in [6.07, 6.45) is 3.32. The molecule has 4 nitrogen and oxygen atoms in total. The third-order valence-corrected chi connectivity index (χ3v) is 3.03. The maximum atomic E-state index is 10.9. The van der Waals surface area contributed by atoms with Gasteiger partial charge in [0.1, 0.15) is 0 Å². The van der Waals surface area contributed by atoms with Gasteiger partial charge < -0.3 is 16.0 Å². The number of nitrogens with one attached hydrogen (secondary N) is 2. The van der Waals surface area contributed by atoms with Gasteiger partial charge in [-0.2, -0.15) is 0 Å². The Hall–Kier alpha value is -1.81. The van der Waals surface area contributed by atoms with Gasteiger partial charge in [0.15, 0.2) is 0 Å². The van der Waals surface area contributed by atoms with E-state index in [1.165, 1.54) is 10.9 Å². The molecule has 1 aromatic heterocycles. The summed E-state index contributed by atoms with van der Waals surface area (Å²) in [4.78, 5) is 14.2. The van der Waals surface area contributed by atoms with E-state index in [4.69, 9.17) is 5.73 Å². The highest BCUT2D eigenvalue weighted by Gasteiger charge is 2.05. The summed E-state index contributed by atoms with van der Waals surface area (Å²) in [6.45, 7) is 4.04. The third-order valence-electron chi connectivity index (χ3n) is 3.03. The van der Waals surface area contributed by atoms with Crippen LogP contribution in [0.3, 0.4) is 0 Å². The van der Waals surface area contributed by atoms with Crippen LogP contribution in [0.15, 0.2) is 24.4 Å². The average Bonchev–Trinajstić information content (AvgIpc) is 2.72. The summed E-state index contributed by atoms with van der Waals surface area (Å²) in [7, 11) is 0. The summed E-state index contributed by atoms with van der Waals surface area (Å²) >= 11 is 0. The van der Waals surface area contributed by atoms with Crippen LogP contribution in [0, 0.1) is 0 Å². The third kappa shape index (κ3) is 2.90. The SMILES string of the molecule is CCNCCc1c[nH]c2ccc(CC(N)=O)cc12. The Morgan fingerprint density at radius 2 is 2.28 bits per heavy atom. The molecule has 0 radical (unpaired) electrons. The molecule has 0 aliphatic carbocycles. The molecule has 0 saturated carbocycles. The monoisotopic (exact) mass is 245 g/mol. The van der Waals surface area contributed by atoms with Crippen LogP contribution in [0.2, 0.25) is 0 Å². The van der Waals surface area contributed by atoms with Gasteiger partial charge in [0.2, 0.25) is 5.91 Å². The van der Waals surface area contributed by atoms with Gasteiger partial charge in [-0.3, -0.25) is 4.79 Å². The van der Waals surface area contributed by atoms with Gasteiger partial charge in [-0.25, -0.2) is 0 Å². The van der Waals surface area contributed by atoms with Crippen molar-refractivity contribution in [2.75, 3.05) is 13.1 Å². The van der Waals surface area contributed by atoms with Crippen molar-refractivity contribution in [1.29, 1.82) is 0 Å². The molecule has 0 fully saturated rings. The molecule has 18 heavy (non-hydrogen) atoms. The van der Waals surface area contributed by atoms with Crippen LogP contribution in [0.1, 0.15) is 18.1 Å². The minimum atomic E-state index is -0.293. The molecule has 2 rings (SSSR count). The molecule has 1 heterocycles. The second-order valence-corrected chi connectivity index (χ2v) is 4.44. The number of fused-ring (bicyclic) bond motifs is 1. The first kappa shape index (κ1) is 12.6. The van der Waals surface area contributed by atoms with Crippen LogP contribution in [-0.4, -0.2) is 24.0 Å². The summed E-state index contributed by atoms with van der Waals surface area (Å²) in [5.41, 5.74) is 8.58. The Labute approximate surface area is 107 Å². The number of H-pyrrole nitrogens is 1. The Bertz CT molecular complexity index is 545. The van der Waals surface area contributed by atoms with Crippen molar-refractivity contribution in [2.24, 2.45) is 5.73 Å². The summed E-state index contributed by atoms with van der Waals surface area (Å²) in [5, 5.41) is 4.50. The van der Waals surface area contributed by atoms with Crippen molar-refractivity contribution in [3.8, 4) is 0 Å². The normalized spacial score (nSPS) is 10.9. The number of likely N-dealkylation sites (N-methyl/N-ethyl adjacent to an activating group) is 1. The number of aromatic nitrogens is 1. The Kier molecular flexibility index (Phi) is 3.99. The largest absolute Gasteiger partial charge is 0.369 e. The van der Waals surface area contributed by atoms with Gasteiger partial charge in [-0.1, -0.05) is 13.0 Å². The van der Waals surface area contributed by atoms with E-state index < -0.39 is 0 Å². The van der Waals surface area contributed by atoms with Crippen molar-refractivity contribution in [2.45, 2.75) is 19.8 Å². The van der Waals surface area contributed by atoms with Crippen molar-refractivity contribution in [3.05, 3.63) is 35.5 Å². The number of nitrogens with two attached hydrogens (primary N) is 1. The standard InChI is InChI=1S/C14H19N3O/c1-2-16-6-5-11-9-17-13-4-3-10(7-12(11)13)8-14(15)18/h3-4,7,9,16-17H,2,5-6,8H2,1H3,(H2,15,18). The van der Waals surface area contributed by atoms with Gasteiger partial charge in [0.25, 0.3) is 0 Å². The van der Waals surface area contributed by atoms with Gasteiger partial charge in [0, 0.05) is 17.1 Å². The fourth-order valence-electron chi connectivity index (χ4n) is 2.14. The zero-order valence-electron chi connectivity index (χ0n) is 10.6. The van der Waals surface area contributed by atoms with Crippen LogP contribution < -0.4 is 11.1 Å². The number of benzene rings is 1. The molecule has 0 aliphatic rings. The number of carbonyl (C=O) groups is 1. The second kappa shape index (κ2) is 5.69. The molecular formula is C14H19N3O. The summed E-state index contributed by atoms with van der Waals surface area (Å²) in [5.74, 6) is -0.293. The molecule has 0 bridgehead atoms. The minimum Gasteiger partial charge on any atom is -0.369 e. The minimum absolute atomic E-state index is 0.293. The van der Waals surface area contributed by atoms with E-state index in [0.29, 0.717) is 6.42 Å². The van der Waals surface area contributed by atoms with E-state index in [-0.39, 0.29) is 5.91 Å². The lowest BCUT2D eigenvalue weighted by Crippen LogP contribution is -2.16. The first-order chi connectivity index (χ1) is 8.70. The second-order valence-electron chi connectivity index (χ2n) is 4.44. The molecule has 1 amide bonds. The molecule has 2 aromatic rings. The lowest BCUT2D eigenvalue weighted by Gasteiger charge is -2.02. The maximum absolute atomic E-state index is 10.9. The number of hydrogen-bond donors (Lipinski definition) is 3. The predicted octanol–water partition coefficient (Wildman–Crippen LogP) is 1.35. The molecule has 0 atom stereocenters. The fourth-order valence-corrected chi connectivity index (χ4v) is 2.14. The first-order valence-electron chi connectivity index (χ1n) is 6.28. The molecule has 0 saturated heterocycles. The number of amides is 1. The number of carbonyl (C=O) groups excluding carboxylic acids is 1. The van der Waals surface area contributed by atoms with Crippen molar-refractivity contribution in [3.63, 3.8) is 0 Å². The lowest BCUT2D eigenvalue weighted by molar-refractivity contribution is -0.117. The lowest BCUT2D eigenvalue weighted by atomic mass is 10.1. The number of hydrogen-bond acceptors (Lipinski definition) is 2. The van der Waals surface area contributed by atoms with Crippen molar-refractivity contribution in [1.82, 2.24) is 10.3 Å².